The van der Waals surface area contributed by atoms with Gasteiger partial charge < -0.3 is 9.64 Å². The molecule has 26 heavy (non-hydrogen) atoms. The van der Waals surface area contributed by atoms with E-state index in [-0.39, 0.29) is 17.6 Å². The molecule has 2 aliphatic rings. The van der Waals surface area contributed by atoms with E-state index in [2.05, 4.69) is 26.0 Å². The van der Waals surface area contributed by atoms with Crippen LogP contribution in [0.3, 0.4) is 0 Å². The second kappa shape index (κ2) is 6.27. The minimum Gasteiger partial charge on any atom is -0.496 e. The maximum Gasteiger partial charge on any atom is 0.258 e. The highest BCUT2D eigenvalue weighted by Gasteiger charge is 2.33. The molecule has 4 rings (SSSR count). The number of hydrogen-bond donors (Lipinski definition) is 0. The molecule has 4 nitrogen and oxygen atoms in total. The van der Waals surface area contributed by atoms with E-state index in [1.807, 2.05) is 23.1 Å². The van der Waals surface area contributed by atoms with E-state index in [0.717, 1.165) is 16.7 Å². The van der Waals surface area contributed by atoms with Crippen LogP contribution in [0.25, 0.3) is 0 Å². The fraction of sp³-hybridized carbons (Fsp3) is 0.364. The van der Waals surface area contributed by atoms with Gasteiger partial charge in [-0.1, -0.05) is 38.1 Å². The summed E-state index contributed by atoms with van der Waals surface area (Å²) < 4.78 is 5.63. The van der Waals surface area contributed by atoms with E-state index in [1.165, 1.54) is 11.1 Å². The summed E-state index contributed by atoms with van der Waals surface area (Å²) in [4.78, 5) is 27.6. The normalized spacial score (nSPS) is 15.4. The summed E-state index contributed by atoms with van der Waals surface area (Å²) in [6.07, 6.45) is 1.15. The first-order chi connectivity index (χ1) is 12.5. The molecule has 1 amide bonds. The Kier molecular flexibility index (Phi) is 4.06. The minimum atomic E-state index is -0.0258. The van der Waals surface area contributed by atoms with Crippen molar-refractivity contribution in [3.8, 4) is 5.75 Å². The van der Waals surface area contributed by atoms with Gasteiger partial charge in [-0.2, -0.15) is 0 Å². The topological polar surface area (TPSA) is 46.6 Å². The summed E-state index contributed by atoms with van der Waals surface area (Å²) in [6, 6.07) is 10.0. The van der Waals surface area contributed by atoms with E-state index in [0.29, 0.717) is 37.2 Å². The zero-order valence-electron chi connectivity index (χ0n) is 15.5. The molecule has 1 aliphatic carbocycles. The fourth-order valence-corrected chi connectivity index (χ4v) is 4.17. The standard InChI is InChI=1S/C22H23NO3/c1-13(2)17-10-18(21(26-3)16-8-9-19(24)20(16)17)22(25)23-11-14-6-4-5-7-15(14)12-23/h4-7,10,13H,8-9,11-12H2,1-3H3. The van der Waals surface area contributed by atoms with E-state index in [4.69, 9.17) is 4.74 Å². The largest absolute Gasteiger partial charge is 0.496 e. The molecular weight excluding hydrogens is 326 g/mol. The number of hydrogen-bond acceptors (Lipinski definition) is 3. The Bertz CT molecular complexity index is 889. The monoisotopic (exact) mass is 349 g/mol. The van der Waals surface area contributed by atoms with Crippen LogP contribution in [0.4, 0.5) is 0 Å². The Labute approximate surface area is 153 Å². The van der Waals surface area contributed by atoms with Crippen molar-refractivity contribution in [2.24, 2.45) is 0 Å². The van der Waals surface area contributed by atoms with Crippen LogP contribution >= 0.6 is 0 Å². The maximum absolute atomic E-state index is 13.3. The second-order valence-corrected chi connectivity index (χ2v) is 7.41. The Balaban J connectivity index is 1.78. The Morgan fingerprint density at radius 3 is 2.35 bits per heavy atom. The zero-order valence-corrected chi connectivity index (χ0v) is 15.5. The number of amides is 1. The highest BCUT2D eigenvalue weighted by atomic mass is 16.5. The second-order valence-electron chi connectivity index (χ2n) is 7.41. The molecule has 0 N–H and O–H groups in total. The predicted octanol–water partition coefficient (Wildman–Crippen LogP) is 4.10. The van der Waals surface area contributed by atoms with Crippen LogP contribution in [0.15, 0.2) is 30.3 Å². The van der Waals surface area contributed by atoms with Crippen LogP contribution in [0.5, 0.6) is 5.75 Å². The van der Waals surface area contributed by atoms with Crippen LogP contribution in [0, 0.1) is 0 Å². The third kappa shape index (κ3) is 2.52. The lowest BCUT2D eigenvalue weighted by Crippen LogP contribution is -2.26. The van der Waals surface area contributed by atoms with Gasteiger partial charge in [-0.15, -0.1) is 0 Å². The van der Waals surface area contributed by atoms with Crippen molar-refractivity contribution in [3.63, 3.8) is 0 Å². The van der Waals surface area contributed by atoms with Crippen molar-refractivity contribution in [1.82, 2.24) is 4.90 Å². The molecule has 0 spiro atoms. The SMILES string of the molecule is COc1c(C(=O)N2Cc3ccccc3C2)cc(C(C)C)c2c1CCC2=O. The van der Waals surface area contributed by atoms with Crippen LogP contribution in [0.1, 0.15) is 69.2 Å². The number of carbonyl (C=O) groups is 2. The van der Waals surface area contributed by atoms with Gasteiger partial charge in [0.1, 0.15) is 5.75 Å². The van der Waals surface area contributed by atoms with Crippen molar-refractivity contribution in [2.75, 3.05) is 7.11 Å². The van der Waals surface area contributed by atoms with Gasteiger partial charge in [0, 0.05) is 30.6 Å². The van der Waals surface area contributed by atoms with Gasteiger partial charge in [0.2, 0.25) is 0 Å². The lowest BCUT2D eigenvalue weighted by Gasteiger charge is -2.22. The Hall–Kier alpha value is -2.62. The third-order valence-corrected chi connectivity index (χ3v) is 5.47. The third-order valence-electron chi connectivity index (χ3n) is 5.47. The summed E-state index contributed by atoms with van der Waals surface area (Å²) in [7, 11) is 1.59. The number of carbonyl (C=O) groups excluding carboxylic acids is 2. The van der Waals surface area contributed by atoms with Crippen LogP contribution in [-0.2, 0) is 19.5 Å². The van der Waals surface area contributed by atoms with Crippen molar-refractivity contribution in [2.45, 2.75) is 45.7 Å². The summed E-state index contributed by atoms with van der Waals surface area (Å²) >= 11 is 0. The summed E-state index contributed by atoms with van der Waals surface area (Å²) in [5.41, 5.74) is 5.61. The number of benzene rings is 2. The number of Topliss-reactive ketones (excluding diaryl/α,β-unsaturated/α-hetero) is 1. The summed E-state index contributed by atoms with van der Waals surface area (Å²) in [5, 5.41) is 0. The number of methoxy groups -OCH3 is 1. The first-order valence-corrected chi connectivity index (χ1v) is 9.14. The molecule has 2 aromatic rings. The summed E-state index contributed by atoms with van der Waals surface area (Å²) in [6.45, 7) is 5.36. The van der Waals surface area contributed by atoms with Crippen molar-refractivity contribution in [3.05, 3.63) is 63.7 Å². The number of ketones is 1. The first-order valence-electron chi connectivity index (χ1n) is 9.14. The van der Waals surface area contributed by atoms with Gasteiger partial charge in [-0.25, -0.2) is 0 Å². The average molecular weight is 349 g/mol. The molecule has 0 unspecified atom stereocenters. The highest BCUT2D eigenvalue weighted by Crippen LogP contribution is 2.40. The van der Waals surface area contributed by atoms with Gasteiger partial charge in [0.05, 0.1) is 12.7 Å². The number of fused-ring (bicyclic) bond motifs is 2. The Morgan fingerprint density at radius 1 is 1.12 bits per heavy atom. The van der Waals surface area contributed by atoms with Gasteiger partial charge in [0.15, 0.2) is 5.78 Å². The van der Waals surface area contributed by atoms with Gasteiger partial charge >= 0.3 is 0 Å². The summed E-state index contributed by atoms with van der Waals surface area (Å²) in [5.74, 6) is 0.895. The molecule has 0 bridgehead atoms. The molecule has 0 atom stereocenters. The highest BCUT2D eigenvalue weighted by molar-refractivity contribution is 6.06. The maximum atomic E-state index is 13.3. The molecule has 1 aliphatic heterocycles. The van der Waals surface area contributed by atoms with Gasteiger partial charge in [-0.3, -0.25) is 9.59 Å². The van der Waals surface area contributed by atoms with Crippen LogP contribution in [-0.4, -0.2) is 23.7 Å². The van der Waals surface area contributed by atoms with E-state index >= 15 is 0 Å². The van der Waals surface area contributed by atoms with Crippen LogP contribution < -0.4 is 4.74 Å². The molecule has 0 aromatic heterocycles. The lowest BCUT2D eigenvalue weighted by molar-refractivity contribution is 0.0747. The fourth-order valence-electron chi connectivity index (χ4n) is 4.17. The number of rotatable bonds is 3. The van der Waals surface area contributed by atoms with Crippen LogP contribution in [0.2, 0.25) is 0 Å². The Morgan fingerprint density at radius 2 is 1.77 bits per heavy atom. The molecular formula is C22H23NO3. The average Bonchev–Trinajstić information content (AvgIpc) is 3.23. The molecule has 0 radical (unpaired) electrons. The molecule has 0 fully saturated rings. The van der Waals surface area contributed by atoms with Crippen molar-refractivity contribution < 1.29 is 14.3 Å². The van der Waals surface area contributed by atoms with Gasteiger partial charge in [0.25, 0.3) is 5.91 Å². The van der Waals surface area contributed by atoms with Crippen molar-refractivity contribution in [1.29, 1.82) is 0 Å². The zero-order chi connectivity index (χ0) is 18.4. The molecule has 4 heteroatoms. The molecule has 1 heterocycles. The minimum absolute atomic E-state index is 0.0258. The first kappa shape index (κ1) is 16.8. The number of ether oxygens (including phenoxy) is 1. The molecule has 0 saturated heterocycles. The van der Waals surface area contributed by atoms with Gasteiger partial charge in [-0.05, 0) is 35.1 Å². The quantitative estimate of drug-likeness (QED) is 0.838. The van der Waals surface area contributed by atoms with E-state index in [9.17, 15) is 9.59 Å². The lowest BCUT2D eigenvalue weighted by atomic mass is 9.90. The van der Waals surface area contributed by atoms with Crippen molar-refractivity contribution >= 4 is 11.7 Å². The molecule has 134 valence electrons. The molecule has 2 aromatic carbocycles. The van der Waals surface area contributed by atoms with E-state index < -0.39 is 0 Å². The smallest absolute Gasteiger partial charge is 0.258 e. The van der Waals surface area contributed by atoms with E-state index in [1.54, 1.807) is 7.11 Å². The molecule has 0 saturated carbocycles. The number of nitrogens with zero attached hydrogens (tertiary/aromatic N) is 1. The predicted molar refractivity (Wildman–Crippen MR) is 99.8 cm³/mol.